The quantitative estimate of drug-likeness (QED) is 0.730. The molecule has 112 valence electrons. The minimum atomic E-state index is -3.28. The maximum absolute atomic E-state index is 12.3. The van der Waals surface area contributed by atoms with Crippen LogP contribution in [0.1, 0.15) is 25.0 Å². The molecule has 0 atom stereocenters. The smallest absolute Gasteiger partial charge is 0.354 e. The zero-order valence-corrected chi connectivity index (χ0v) is 13.7. The summed E-state index contributed by atoms with van der Waals surface area (Å²) in [6, 6.07) is 3.16. The Labute approximate surface area is 128 Å². The molecule has 0 saturated carbocycles. The summed E-state index contributed by atoms with van der Waals surface area (Å²) in [4.78, 5) is 0. The van der Waals surface area contributed by atoms with Crippen LogP contribution in [0.25, 0.3) is 6.08 Å². The van der Waals surface area contributed by atoms with Crippen LogP contribution in [0.5, 0.6) is 0 Å². The lowest BCUT2D eigenvalue weighted by Crippen LogP contribution is -1.93. The average Bonchev–Trinajstić information content (AvgIpc) is 2.40. The molecule has 0 amide bonds. The number of aliphatic hydroxyl groups excluding tert-OH is 1. The van der Waals surface area contributed by atoms with Crippen LogP contribution in [-0.4, -0.2) is 18.3 Å². The van der Waals surface area contributed by atoms with Crippen LogP contribution in [0.2, 0.25) is 10.0 Å². The zero-order chi connectivity index (χ0) is 15.2. The normalized spacial score (nSPS) is 12.2. The Morgan fingerprint density at radius 3 is 2.25 bits per heavy atom. The molecule has 1 N–H and O–H groups in total. The Morgan fingerprint density at radius 1 is 1.20 bits per heavy atom. The van der Waals surface area contributed by atoms with Gasteiger partial charge in [-0.3, -0.25) is 4.57 Å². The number of halogens is 2. The highest BCUT2D eigenvalue weighted by molar-refractivity contribution is 7.57. The van der Waals surface area contributed by atoms with Gasteiger partial charge in [-0.15, -0.1) is 0 Å². The average molecular weight is 339 g/mol. The van der Waals surface area contributed by atoms with Gasteiger partial charge in [0.2, 0.25) is 0 Å². The second-order valence-corrected chi connectivity index (χ2v) is 6.52. The maximum Gasteiger partial charge on any atom is 0.354 e. The van der Waals surface area contributed by atoms with Crippen molar-refractivity contribution >= 4 is 36.9 Å². The first-order valence-electron chi connectivity index (χ1n) is 6.12. The van der Waals surface area contributed by atoms with Gasteiger partial charge in [0.25, 0.3) is 0 Å². The van der Waals surface area contributed by atoms with Gasteiger partial charge in [0.05, 0.1) is 29.9 Å². The summed E-state index contributed by atoms with van der Waals surface area (Å²) in [5.74, 6) is 1.36. The van der Waals surface area contributed by atoms with Crippen LogP contribution in [0.15, 0.2) is 17.9 Å². The highest BCUT2D eigenvalue weighted by Gasteiger charge is 2.19. The van der Waals surface area contributed by atoms with Crippen LogP contribution < -0.4 is 0 Å². The predicted molar refractivity (Wildman–Crippen MR) is 82.3 cm³/mol. The summed E-state index contributed by atoms with van der Waals surface area (Å²) < 4.78 is 22.6. The molecule has 4 nitrogen and oxygen atoms in total. The van der Waals surface area contributed by atoms with Gasteiger partial charge in [-0.05, 0) is 43.2 Å². The minimum Gasteiger partial charge on any atom is -0.392 e. The van der Waals surface area contributed by atoms with Gasteiger partial charge in [-0.25, -0.2) is 0 Å². The molecule has 0 aliphatic heterocycles. The van der Waals surface area contributed by atoms with Crippen molar-refractivity contribution in [1.82, 2.24) is 0 Å². The van der Waals surface area contributed by atoms with Gasteiger partial charge in [0.15, 0.2) is 0 Å². The Bertz CT molecular complexity index is 521. The molecule has 0 radical (unpaired) electrons. The maximum atomic E-state index is 12.3. The SMILES string of the molecule is CCOP(=O)(/C=C/c1cc(Cl)c(Cl)cc1CO)OCC. The standard InChI is InChI=1S/C13H17Cl2O4P/c1-3-18-20(17,19-4-2)6-5-10-7-12(14)13(15)8-11(10)9-16/h5-8,16H,3-4,9H2,1-2H3/b6-5+. The van der Waals surface area contributed by atoms with E-state index in [1.807, 2.05) is 0 Å². The van der Waals surface area contributed by atoms with Gasteiger partial charge in [0, 0.05) is 5.82 Å². The van der Waals surface area contributed by atoms with E-state index in [4.69, 9.17) is 32.2 Å². The van der Waals surface area contributed by atoms with E-state index in [1.165, 1.54) is 5.82 Å². The fourth-order valence-electron chi connectivity index (χ4n) is 1.55. The van der Waals surface area contributed by atoms with E-state index in [2.05, 4.69) is 0 Å². The van der Waals surface area contributed by atoms with E-state index in [0.29, 0.717) is 21.2 Å². The molecule has 0 unspecified atom stereocenters. The summed E-state index contributed by atoms with van der Waals surface area (Å²) in [7, 11) is -3.28. The third kappa shape index (κ3) is 4.88. The van der Waals surface area contributed by atoms with Crippen molar-refractivity contribution in [2.75, 3.05) is 13.2 Å². The highest BCUT2D eigenvalue weighted by Crippen LogP contribution is 2.50. The van der Waals surface area contributed by atoms with Crippen LogP contribution in [-0.2, 0) is 20.2 Å². The monoisotopic (exact) mass is 338 g/mol. The molecule has 0 aliphatic rings. The molecule has 1 aromatic carbocycles. The summed E-state index contributed by atoms with van der Waals surface area (Å²) in [5, 5.41) is 10.0. The Balaban J connectivity index is 3.10. The molecule has 0 saturated heterocycles. The van der Waals surface area contributed by atoms with Crippen LogP contribution in [0.4, 0.5) is 0 Å². The number of hydrogen-bond acceptors (Lipinski definition) is 4. The molecule has 0 heterocycles. The second kappa shape index (κ2) is 8.18. The van der Waals surface area contributed by atoms with Crippen molar-refractivity contribution < 1.29 is 18.7 Å². The molecule has 7 heteroatoms. The fourth-order valence-corrected chi connectivity index (χ4v) is 3.22. The van der Waals surface area contributed by atoms with Crippen molar-refractivity contribution in [3.63, 3.8) is 0 Å². The molecular formula is C13H17Cl2O4P. The van der Waals surface area contributed by atoms with Gasteiger partial charge in [0.1, 0.15) is 0 Å². The van der Waals surface area contributed by atoms with Crippen molar-refractivity contribution in [3.05, 3.63) is 39.1 Å². The van der Waals surface area contributed by atoms with Gasteiger partial charge in [-0.1, -0.05) is 23.2 Å². The molecule has 1 rings (SSSR count). The van der Waals surface area contributed by atoms with E-state index in [-0.39, 0.29) is 19.8 Å². The third-order valence-electron chi connectivity index (χ3n) is 2.41. The number of benzene rings is 1. The zero-order valence-electron chi connectivity index (χ0n) is 11.3. The first-order valence-corrected chi connectivity index (χ1v) is 8.49. The van der Waals surface area contributed by atoms with E-state index in [1.54, 1.807) is 32.1 Å². The van der Waals surface area contributed by atoms with Crippen LogP contribution >= 0.6 is 30.8 Å². The molecular weight excluding hydrogens is 322 g/mol. The fraction of sp³-hybridized carbons (Fsp3) is 0.385. The molecule has 0 aliphatic carbocycles. The third-order valence-corrected chi connectivity index (χ3v) is 4.88. The number of hydrogen-bond donors (Lipinski definition) is 1. The van der Waals surface area contributed by atoms with E-state index in [0.717, 1.165) is 0 Å². The van der Waals surface area contributed by atoms with E-state index in [9.17, 15) is 9.67 Å². The van der Waals surface area contributed by atoms with Crippen molar-refractivity contribution in [1.29, 1.82) is 0 Å². The minimum absolute atomic E-state index is 0.204. The molecule has 1 aromatic rings. The Kier molecular flexibility index (Phi) is 7.24. The summed E-state index contributed by atoms with van der Waals surface area (Å²) in [6.07, 6.45) is 1.56. The Hall–Kier alpha value is -0.350. The van der Waals surface area contributed by atoms with Gasteiger partial charge in [-0.2, -0.15) is 0 Å². The lowest BCUT2D eigenvalue weighted by atomic mass is 10.1. The van der Waals surface area contributed by atoms with Crippen LogP contribution in [0.3, 0.4) is 0 Å². The summed E-state index contributed by atoms with van der Waals surface area (Å²) in [5.41, 5.74) is 1.19. The van der Waals surface area contributed by atoms with Gasteiger partial charge >= 0.3 is 7.60 Å². The topological polar surface area (TPSA) is 55.8 Å². The summed E-state index contributed by atoms with van der Waals surface area (Å²) in [6.45, 7) is 3.81. The van der Waals surface area contributed by atoms with Gasteiger partial charge < -0.3 is 14.2 Å². The first kappa shape index (κ1) is 17.7. The van der Waals surface area contributed by atoms with Crippen molar-refractivity contribution in [2.24, 2.45) is 0 Å². The largest absolute Gasteiger partial charge is 0.392 e. The molecule has 0 fully saturated rings. The lowest BCUT2D eigenvalue weighted by Gasteiger charge is -2.13. The second-order valence-electron chi connectivity index (χ2n) is 3.81. The van der Waals surface area contributed by atoms with Crippen molar-refractivity contribution in [3.8, 4) is 0 Å². The van der Waals surface area contributed by atoms with Crippen molar-refractivity contribution in [2.45, 2.75) is 20.5 Å². The predicted octanol–water partition coefficient (Wildman–Crippen LogP) is 4.72. The number of rotatable bonds is 7. The molecule has 20 heavy (non-hydrogen) atoms. The lowest BCUT2D eigenvalue weighted by molar-refractivity contribution is 0.229. The first-order chi connectivity index (χ1) is 9.45. The highest BCUT2D eigenvalue weighted by atomic mass is 35.5. The summed E-state index contributed by atoms with van der Waals surface area (Å²) >= 11 is 11.8. The Morgan fingerprint density at radius 2 is 1.75 bits per heavy atom. The number of aliphatic hydroxyl groups is 1. The molecule has 0 spiro atoms. The molecule has 0 bridgehead atoms. The van der Waals surface area contributed by atoms with E-state index >= 15 is 0 Å². The van der Waals surface area contributed by atoms with Crippen LogP contribution in [0, 0.1) is 0 Å². The molecule has 0 aromatic heterocycles. The van der Waals surface area contributed by atoms with E-state index < -0.39 is 7.60 Å².